The molecular formula is C22H34N2O5. The molecule has 0 aliphatic heterocycles. The zero-order chi connectivity index (χ0) is 21.3. The van der Waals surface area contributed by atoms with Crippen LogP contribution in [0.5, 0.6) is 0 Å². The SMILES string of the molecule is COCCN(CC(=O)N[C@H]1CCC[C@H]1OCc1ccccc1)C(=O)OC(C)(C)C. The van der Waals surface area contributed by atoms with E-state index in [1.807, 2.05) is 30.3 Å². The number of carbonyl (C=O) groups is 2. The smallest absolute Gasteiger partial charge is 0.410 e. The highest BCUT2D eigenvalue weighted by Crippen LogP contribution is 2.23. The molecule has 0 unspecified atom stereocenters. The maximum Gasteiger partial charge on any atom is 0.410 e. The van der Waals surface area contributed by atoms with Gasteiger partial charge in [-0.2, -0.15) is 0 Å². The molecule has 1 aromatic rings. The first-order chi connectivity index (χ1) is 13.8. The Labute approximate surface area is 173 Å². The summed E-state index contributed by atoms with van der Waals surface area (Å²) in [6.07, 6.45) is 2.25. The van der Waals surface area contributed by atoms with Crippen LogP contribution in [0.1, 0.15) is 45.6 Å². The molecule has 2 atom stereocenters. The predicted octanol–water partition coefficient (Wildman–Crippen LogP) is 3.12. The first kappa shape index (κ1) is 23.2. The molecule has 1 fully saturated rings. The largest absolute Gasteiger partial charge is 0.444 e. The van der Waals surface area contributed by atoms with Crippen LogP contribution in [-0.2, 0) is 25.6 Å². The molecule has 162 valence electrons. The van der Waals surface area contributed by atoms with Gasteiger partial charge in [-0.1, -0.05) is 30.3 Å². The third-order valence-corrected chi connectivity index (χ3v) is 4.66. The van der Waals surface area contributed by atoms with Crippen LogP contribution in [0.15, 0.2) is 30.3 Å². The van der Waals surface area contributed by atoms with Crippen LogP contribution in [-0.4, -0.2) is 61.5 Å². The van der Waals surface area contributed by atoms with Crippen molar-refractivity contribution in [3.05, 3.63) is 35.9 Å². The minimum Gasteiger partial charge on any atom is -0.444 e. The number of nitrogens with one attached hydrogen (secondary N) is 1. The van der Waals surface area contributed by atoms with Crippen molar-refractivity contribution in [2.45, 2.75) is 64.4 Å². The van der Waals surface area contributed by atoms with E-state index in [0.29, 0.717) is 13.2 Å². The second-order valence-electron chi connectivity index (χ2n) is 8.33. The lowest BCUT2D eigenvalue weighted by Crippen LogP contribution is -2.48. The summed E-state index contributed by atoms with van der Waals surface area (Å²) in [5, 5.41) is 3.04. The number of benzene rings is 1. The van der Waals surface area contributed by atoms with E-state index in [-0.39, 0.29) is 31.1 Å². The number of carbonyl (C=O) groups excluding carboxylic acids is 2. The van der Waals surface area contributed by atoms with Gasteiger partial charge in [-0.15, -0.1) is 0 Å². The molecule has 7 nitrogen and oxygen atoms in total. The Morgan fingerprint density at radius 3 is 2.55 bits per heavy atom. The lowest BCUT2D eigenvalue weighted by Gasteiger charge is -2.28. The van der Waals surface area contributed by atoms with Gasteiger partial charge in [0.1, 0.15) is 12.1 Å². The Morgan fingerprint density at radius 1 is 1.17 bits per heavy atom. The van der Waals surface area contributed by atoms with E-state index in [4.69, 9.17) is 14.2 Å². The van der Waals surface area contributed by atoms with Crippen molar-refractivity contribution < 1.29 is 23.8 Å². The van der Waals surface area contributed by atoms with Crippen molar-refractivity contribution in [1.29, 1.82) is 0 Å². The molecule has 2 rings (SSSR count). The fraction of sp³-hybridized carbons (Fsp3) is 0.636. The Morgan fingerprint density at radius 2 is 1.90 bits per heavy atom. The lowest BCUT2D eigenvalue weighted by molar-refractivity contribution is -0.124. The molecule has 1 aromatic carbocycles. The van der Waals surface area contributed by atoms with Crippen molar-refractivity contribution in [2.75, 3.05) is 26.8 Å². The summed E-state index contributed by atoms with van der Waals surface area (Å²) in [6.45, 7) is 6.47. The second-order valence-corrected chi connectivity index (χ2v) is 8.33. The van der Waals surface area contributed by atoms with E-state index in [1.165, 1.54) is 4.90 Å². The summed E-state index contributed by atoms with van der Waals surface area (Å²) < 4.78 is 16.5. The summed E-state index contributed by atoms with van der Waals surface area (Å²) in [4.78, 5) is 26.4. The van der Waals surface area contributed by atoms with Gasteiger partial charge in [-0.25, -0.2) is 4.79 Å². The van der Waals surface area contributed by atoms with Gasteiger partial charge in [0.2, 0.25) is 5.91 Å². The van der Waals surface area contributed by atoms with Gasteiger partial charge < -0.3 is 19.5 Å². The summed E-state index contributed by atoms with van der Waals surface area (Å²) in [7, 11) is 1.56. The van der Waals surface area contributed by atoms with Gasteiger partial charge in [-0.3, -0.25) is 9.69 Å². The van der Waals surface area contributed by atoms with E-state index in [1.54, 1.807) is 27.9 Å². The van der Waals surface area contributed by atoms with Crippen molar-refractivity contribution in [1.82, 2.24) is 10.2 Å². The van der Waals surface area contributed by atoms with Crippen molar-refractivity contribution >= 4 is 12.0 Å². The van der Waals surface area contributed by atoms with Gasteiger partial charge in [0.15, 0.2) is 0 Å². The van der Waals surface area contributed by atoms with E-state index >= 15 is 0 Å². The number of hydrogen-bond donors (Lipinski definition) is 1. The summed E-state index contributed by atoms with van der Waals surface area (Å²) in [5.74, 6) is -0.216. The first-order valence-corrected chi connectivity index (χ1v) is 10.2. The van der Waals surface area contributed by atoms with Gasteiger partial charge in [0.05, 0.1) is 25.4 Å². The summed E-state index contributed by atoms with van der Waals surface area (Å²) in [5.41, 5.74) is 0.487. The fourth-order valence-corrected chi connectivity index (χ4v) is 3.26. The zero-order valence-corrected chi connectivity index (χ0v) is 18.0. The van der Waals surface area contributed by atoms with E-state index in [9.17, 15) is 9.59 Å². The molecule has 1 saturated carbocycles. The number of nitrogens with zero attached hydrogens (tertiary/aromatic N) is 1. The first-order valence-electron chi connectivity index (χ1n) is 10.2. The van der Waals surface area contributed by atoms with Gasteiger partial charge in [0.25, 0.3) is 0 Å². The molecule has 29 heavy (non-hydrogen) atoms. The highest BCUT2D eigenvalue weighted by atomic mass is 16.6. The molecule has 1 N–H and O–H groups in total. The third-order valence-electron chi connectivity index (χ3n) is 4.66. The van der Waals surface area contributed by atoms with Crippen LogP contribution in [0.3, 0.4) is 0 Å². The second kappa shape index (κ2) is 11.2. The Kier molecular flexibility index (Phi) is 8.92. The van der Waals surface area contributed by atoms with Crippen LogP contribution >= 0.6 is 0 Å². The maximum atomic E-state index is 12.6. The molecule has 1 aliphatic rings. The zero-order valence-electron chi connectivity index (χ0n) is 18.0. The van der Waals surface area contributed by atoms with Crippen molar-refractivity contribution in [3.8, 4) is 0 Å². The molecular weight excluding hydrogens is 372 g/mol. The predicted molar refractivity (Wildman–Crippen MR) is 110 cm³/mol. The third kappa shape index (κ3) is 8.41. The minimum atomic E-state index is -0.624. The quantitative estimate of drug-likeness (QED) is 0.682. The average molecular weight is 407 g/mol. The molecule has 0 radical (unpaired) electrons. The summed E-state index contributed by atoms with van der Waals surface area (Å²) >= 11 is 0. The van der Waals surface area contributed by atoms with Crippen molar-refractivity contribution in [3.63, 3.8) is 0 Å². The standard InChI is InChI=1S/C22H34N2O5/c1-22(2,3)29-21(26)24(13-14-27-4)15-20(25)23-18-11-8-12-19(18)28-16-17-9-6-5-7-10-17/h5-7,9-10,18-19H,8,11-16H2,1-4H3,(H,23,25)/t18-,19+/m0/s1. The highest BCUT2D eigenvalue weighted by molar-refractivity contribution is 5.82. The number of rotatable bonds is 9. The number of amides is 2. The Balaban J connectivity index is 1.87. The fourth-order valence-electron chi connectivity index (χ4n) is 3.26. The van der Waals surface area contributed by atoms with Crippen LogP contribution in [0.2, 0.25) is 0 Å². The normalized spacial score (nSPS) is 19.0. The van der Waals surface area contributed by atoms with Gasteiger partial charge >= 0.3 is 6.09 Å². The molecule has 2 amide bonds. The molecule has 1 aliphatic carbocycles. The molecule has 0 bridgehead atoms. The topological polar surface area (TPSA) is 77.1 Å². The Hall–Kier alpha value is -2.12. The average Bonchev–Trinajstić information content (AvgIpc) is 3.09. The molecule has 0 spiro atoms. The Bertz CT molecular complexity index is 644. The molecule has 0 aromatic heterocycles. The number of hydrogen-bond acceptors (Lipinski definition) is 5. The lowest BCUT2D eigenvalue weighted by atomic mass is 10.2. The molecule has 0 heterocycles. The highest BCUT2D eigenvalue weighted by Gasteiger charge is 2.31. The summed E-state index contributed by atoms with van der Waals surface area (Å²) in [6, 6.07) is 9.94. The number of methoxy groups -OCH3 is 1. The minimum absolute atomic E-state index is 0.0203. The monoisotopic (exact) mass is 406 g/mol. The number of ether oxygens (including phenoxy) is 3. The van der Waals surface area contributed by atoms with Crippen molar-refractivity contribution in [2.24, 2.45) is 0 Å². The van der Waals surface area contributed by atoms with Crippen LogP contribution in [0.4, 0.5) is 4.79 Å². The van der Waals surface area contributed by atoms with Gasteiger partial charge in [-0.05, 0) is 45.6 Å². The molecule has 0 saturated heterocycles. The van der Waals surface area contributed by atoms with E-state index in [2.05, 4.69) is 5.32 Å². The van der Waals surface area contributed by atoms with Crippen LogP contribution < -0.4 is 5.32 Å². The van der Waals surface area contributed by atoms with E-state index < -0.39 is 11.7 Å². The maximum absolute atomic E-state index is 12.6. The van der Waals surface area contributed by atoms with E-state index in [0.717, 1.165) is 24.8 Å². The molecule has 7 heteroatoms. The van der Waals surface area contributed by atoms with Crippen LogP contribution in [0, 0.1) is 0 Å². The van der Waals surface area contributed by atoms with Crippen LogP contribution in [0.25, 0.3) is 0 Å². The van der Waals surface area contributed by atoms with Gasteiger partial charge in [0, 0.05) is 13.7 Å².